The van der Waals surface area contributed by atoms with Crippen LogP contribution in [0, 0.1) is 0 Å². The highest BCUT2D eigenvalue weighted by Crippen LogP contribution is 2.34. The van der Waals surface area contributed by atoms with Crippen LogP contribution in [0.4, 0.5) is 0 Å². The van der Waals surface area contributed by atoms with E-state index in [1.54, 1.807) is 12.4 Å². The van der Waals surface area contributed by atoms with Crippen molar-refractivity contribution in [3.05, 3.63) is 59.0 Å². The molecular weight excluding hydrogens is 402 g/mol. The molecule has 4 aromatic rings. The molecule has 4 heterocycles. The van der Waals surface area contributed by atoms with Gasteiger partial charge in [-0.25, -0.2) is 4.98 Å². The number of aliphatic hydroxyl groups is 1. The van der Waals surface area contributed by atoms with Gasteiger partial charge in [-0.1, -0.05) is 11.6 Å². The van der Waals surface area contributed by atoms with Gasteiger partial charge < -0.3 is 14.4 Å². The fraction of sp³-hybridized carbons (Fsp3) is 0.364. The van der Waals surface area contributed by atoms with Gasteiger partial charge in [-0.3, -0.25) is 15.0 Å². The molecular formula is C22H22ClN5O2. The Kier molecular flexibility index (Phi) is 4.79. The molecule has 1 aromatic carbocycles. The Morgan fingerprint density at radius 3 is 2.80 bits per heavy atom. The van der Waals surface area contributed by atoms with Crippen molar-refractivity contribution in [3.63, 3.8) is 0 Å². The topological polar surface area (TPSA) is 86.0 Å². The van der Waals surface area contributed by atoms with Gasteiger partial charge in [0.05, 0.1) is 48.9 Å². The van der Waals surface area contributed by atoms with Gasteiger partial charge in [0.2, 0.25) is 0 Å². The van der Waals surface area contributed by atoms with Gasteiger partial charge in [-0.15, -0.1) is 0 Å². The standard InChI is InChI=1S/C22H22ClN5O2/c1-13-6-17(4-5-30-13)28-21(8-15-9-25-16(12-29)10-24-15)27-20-11-26-19-3-2-14(23)7-18(19)22(20)28/h2-3,7,9-11,13,17,29H,4-6,8,12H2,1H3/t13-,17-/m1/s1/i12D/t12?,13-,17-. The van der Waals surface area contributed by atoms with Crippen molar-refractivity contribution >= 4 is 33.5 Å². The van der Waals surface area contributed by atoms with E-state index in [0.29, 0.717) is 18.1 Å². The van der Waals surface area contributed by atoms with E-state index in [2.05, 4.69) is 26.4 Å². The van der Waals surface area contributed by atoms with Crippen LogP contribution in [0.3, 0.4) is 0 Å². The number of benzene rings is 1. The third kappa shape index (κ3) is 3.53. The molecule has 1 saturated heterocycles. The summed E-state index contributed by atoms with van der Waals surface area (Å²) in [5, 5.41) is 11.0. The lowest BCUT2D eigenvalue weighted by Gasteiger charge is -2.30. The smallest absolute Gasteiger partial charge is 0.116 e. The van der Waals surface area contributed by atoms with E-state index in [-0.39, 0.29) is 17.8 Å². The van der Waals surface area contributed by atoms with Crippen molar-refractivity contribution < 1.29 is 11.2 Å². The number of hydrogen-bond acceptors (Lipinski definition) is 6. The first-order valence-corrected chi connectivity index (χ1v) is 10.3. The average molecular weight is 425 g/mol. The lowest BCUT2D eigenvalue weighted by atomic mass is 10.0. The maximum atomic E-state index is 9.38. The van der Waals surface area contributed by atoms with Crippen LogP contribution in [0.2, 0.25) is 5.02 Å². The maximum Gasteiger partial charge on any atom is 0.116 e. The summed E-state index contributed by atoms with van der Waals surface area (Å²) < 4.78 is 15.5. The van der Waals surface area contributed by atoms with Crippen molar-refractivity contribution in [1.82, 2.24) is 24.5 Å². The minimum absolute atomic E-state index is 0.165. The van der Waals surface area contributed by atoms with E-state index >= 15 is 0 Å². The van der Waals surface area contributed by atoms with Crippen molar-refractivity contribution in [2.24, 2.45) is 0 Å². The highest BCUT2D eigenvalue weighted by molar-refractivity contribution is 6.31. The van der Waals surface area contributed by atoms with Crippen molar-refractivity contribution in [2.75, 3.05) is 6.61 Å². The molecule has 154 valence electrons. The first-order chi connectivity index (χ1) is 15.0. The number of aliphatic hydroxyl groups excluding tert-OH is 1. The number of imidazole rings is 1. The van der Waals surface area contributed by atoms with E-state index in [1.807, 2.05) is 18.2 Å². The largest absolute Gasteiger partial charge is 0.390 e. The van der Waals surface area contributed by atoms with Gasteiger partial charge in [-0.05, 0) is 38.0 Å². The van der Waals surface area contributed by atoms with Crippen LogP contribution < -0.4 is 0 Å². The van der Waals surface area contributed by atoms with Gasteiger partial charge in [0.15, 0.2) is 0 Å². The fourth-order valence-electron chi connectivity index (χ4n) is 4.21. The summed E-state index contributed by atoms with van der Waals surface area (Å²) in [6.45, 7) is 1.40. The summed E-state index contributed by atoms with van der Waals surface area (Å²) in [6, 6.07) is 5.95. The molecule has 7 nitrogen and oxygen atoms in total. The highest BCUT2D eigenvalue weighted by Gasteiger charge is 2.26. The van der Waals surface area contributed by atoms with Gasteiger partial charge in [0, 0.05) is 35.7 Å². The number of nitrogens with zero attached hydrogens (tertiary/aromatic N) is 5. The van der Waals surface area contributed by atoms with Gasteiger partial charge in [-0.2, -0.15) is 0 Å². The number of halogens is 1. The maximum absolute atomic E-state index is 9.38. The Hall–Kier alpha value is -2.61. The van der Waals surface area contributed by atoms with E-state index in [4.69, 9.17) is 22.7 Å². The number of ether oxygens (including phenoxy) is 1. The molecule has 0 spiro atoms. The van der Waals surface area contributed by atoms with Crippen molar-refractivity contribution in [3.8, 4) is 0 Å². The lowest BCUT2D eigenvalue weighted by molar-refractivity contribution is 0.00631. The molecule has 30 heavy (non-hydrogen) atoms. The van der Waals surface area contributed by atoms with E-state index in [1.165, 1.54) is 6.20 Å². The molecule has 3 aromatic heterocycles. The molecule has 8 heteroatoms. The lowest BCUT2D eigenvalue weighted by Crippen LogP contribution is -2.26. The molecule has 0 bridgehead atoms. The van der Waals surface area contributed by atoms with Crippen molar-refractivity contribution in [2.45, 2.75) is 44.9 Å². The molecule has 0 amide bonds. The van der Waals surface area contributed by atoms with E-state index in [0.717, 1.165) is 46.3 Å². The first kappa shape index (κ1) is 18.2. The Morgan fingerprint density at radius 2 is 2.03 bits per heavy atom. The number of aromatic nitrogens is 5. The molecule has 5 rings (SSSR count). The zero-order valence-corrected chi connectivity index (χ0v) is 17.3. The summed E-state index contributed by atoms with van der Waals surface area (Å²) in [5.41, 5.74) is 3.65. The number of pyridine rings is 1. The summed E-state index contributed by atoms with van der Waals surface area (Å²) in [5.74, 6) is 0.872. The highest BCUT2D eigenvalue weighted by atomic mass is 35.5. The molecule has 3 atom stereocenters. The minimum atomic E-state index is -1.39. The summed E-state index contributed by atoms with van der Waals surface area (Å²) in [4.78, 5) is 18.0. The van der Waals surface area contributed by atoms with E-state index < -0.39 is 6.58 Å². The Morgan fingerprint density at radius 1 is 1.20 bits per heavy atom. The number of hydrogen-bond donors (Lipinski definition) is 1. The Balaban J connectivity index is 1.67. The monoisotopic (exact) mass is 424 g/mol. The van der Waals surface area contributed by atoms with Crippen LogP contribution in [-0.4, -0.2) is 42.3 Å². The third-order valence-electron chi connectivity index (χ3n) is 5.57. The number of fused-ring (bicyclic) bond motifs is 3. The molecule has 0 radical (unpaired) electrons. The molecule has 0 saturated carbocycles. The van der Waals surface area contributed by atoms with E-state index in [9.17, 15) is 5.11 Å². The van der Waals surface area contributed by atoms with Crippen LogP contribution in [0.25, 0.3) is 21.9 Å². The average Bonchev–Trinajstić information content (AvgIpc) is 3.12. The third-order valence-corrected chi connectivity index (χ3v) is 5.81. The first-order valence-electron chi connectivity index (χ1n) is 10.5. The molecule has 1 fully saturated rings. The minimum Gasteiger partial charge on any atom is -0.390 e. The SMILES string of the molecule is [2H]C(O)c1cnc(Cc2nc3cnc4ccc(Cl)cc4c3n2[C@@H]2CCO[C@H](C)C2)cn1. The predicted octanol–water partition coefficient (Wildman–Crippen LogP) is 3.85. The van der Waals surface area contributed by atoms with Crippen LogP contribution in [-0.2, 0) is 17.7 Å². The second-order valence-corrected chi connectivity index (χ2v) is 8.09. The zero-order valence-electron chi connectivity index (χ0n) is 17.5. The summed E-state index contributed by atoms with van der Waals surface area (Å²) in [6.07, 6.45) is 7.26. The predicted molar refractivity (Wildman–Crippen MR) is 114 cm³/mol. The molecule has 1 aliphatic rings. The van der Waals surface area contributed by atoms with Crippen LogP contribution in [0.1, 0.15) is 44.4 Å². The molecule has 1 N–H and O–H groups in total. The molecule has 0 aliphatic carbocycles. The number of rotatable bonds is 4. The fourth-order valence-corrected chi connectivity index (χ4v) is 4.38. The Labute approximate surface area is 180 Å². The summed E-state index contributed by atoms with van der Waals surface area (Å²) >= 11 is 6.33. The van der Waals surface area contributed by atoms with Gasteiger partial charge in [0.25, 0.3) is 0 Å². The van der Waals surface area contributed by atoms with Gasteiger partial charge >= 0.3 is 0 Å². The second kappa shape index (κ2) is 7.91. The second-order valence-electron chi connectivity index (χ2n) is 7.65. The van der Waals surface area contributed by atoms with Crippen LogP contribution in [0.5, 0.6) is 0 Å². The normalized spacial score (nSPS) is 21.1. The quantitative estimate of drug-likeness (QED) is 0.535. The van der Waals surface area contributed by atoms with Crippen LogP contribution in [0.15, 0.2) is 36.8 Å². The zero-order chi connectivity index (χ0) is 21.5. The molecule has 1 unspecified atom stereocenters. The van der Waals surface area contributed by atoms with Crippen LogP contribution >= 0.6 is 11.6 Å². The van der Waals surface area contributed by atoms with Crippen molar-refractivity contribution in [1.29, 1.82) is 0 Å². The Bertz CT molecular complexity index is 1240. The molecule has 1 aliphatic heterocycles. The van der Waals surface area contributed by atoms with Gasteiger partial charge in [0.1, 0.15) is 11.3 Å². The summed E-state index contributed by atoms with van der Waals surface area (Å²) in [7, 11) is 0.